The summed E-state index contributed by atoms with van der Waals surface area (Å²) in [6.45, 7) is 6.66. The van der Waals surface area contributed by atoms with Crippen LogP contribution < -0.4 is 4.74 Å². The number of benzene rings is 1. The molecule has 2 heterocycles. The lowest BCUT2D eigenvalue weighted by Gasteiger charge is -2.08. The molecule has 2 aromatic heterocycles. The molecule has 9 heteroatoms. The third kappa shape index (κ3) is 4.51. The molecule has 0 spiro atoms. The predicted molar refractivity (Wildman–Crippen MR) is 106 cm³/mol. The number of methoxy groups -OCH3 is 1. The van der Waals surface area contributed by atoms with Gasteiger partial charge in [-0.25, -0.2) is 9.59 Å². The van der Waals surface area contributed by atoms with E-state index in [0.29, 0.717) is 34.0 Å². The molecule has 1 aromatic carbocycles. The molecule has 9 nitrogen and oxygen atoms in total. The minimum absolute atomic E-state index is 0.140. The molecule has 3 rings (SSSR count). The minimum Gasteiger partial charge on any atom is -0.497 e. The molecular formula is C21H23N3O6. The highest BCUT2D eigenvalue weighted by atomic mass is 16.6. The van der Waals surface area contributed by atoms with Crippen molar-refractivity contribution in [1.82, 2.24) is 15.1 Å². The van der Waals surface area contributed by atoms with Crippen LogP contribution in [-0.4, -0.2) is 40.3 Å². The van der Waals surface area contributed by atoms with Crippen LogP contribution in [0, 0.1) is 13.8 Å². The monoisotopic (exact) mass is 413 g/mol. The molecule has 0 amide bonds. The van der Waals surface area contributed by atoms with Gasteiger partial charge in [0.2, 0.25) is 5.82 Å². The van der Waals surface area contributed by atoms with Crippen LogP contribution in [0.4, 0.5) is 0 Å². The zero-order valence-electron chi connectivity index (χ0n) is 17.4. The Hall–Kier alpha value is -3.62. The number of hydrogen-bond acceptors (Lipinski definition) is 8. The molecule has 0 aliphatic heterocycles. The number of rotatable bonds is 7. The van der Waals surface area contributed by atoms with Gasteiger partial charge >= 0.3 is 11.9 Å². The Kier molecular flexibility index (Phi) is 6.20. The van der Waals surface area contributed by atoms with Crippen LogP contribution in [0.3, 0.4) is 0 Å². The van der Waals surface area contributed by atoms with Crippen LogP contribution in [0.2, 0.25) is 0 Å². The Labute approximate surface area is 173 Å². The van der Waals surface area contributed by atoms with Crippen LogP contribution in [-0.2, 0) is 16.1 Å². The number of nitrogens with one attached hydrogen (secondary N) is 1. The number of H-pyrrole nitrogens is 1. The van der Waals surface area contributed by atoms with E-state index in [-0.39, 0.29) is 24.3 Å². The van der Waals surface area contributed by atoms with Gasteiger partial charge in [0.1, 0.15) is 11.4 Å². The van der Waals surface area contributed by atoms with E-state index in [4.69, 9.17) is 18.7 Å². The van der Waals surface area contributed by atoms with Gasteiger partial charge in [-0.1, -0.05) is 17.3 Å². The first kappa shape index (κ1) is 21.1. The van der Waals surface area contributed by atoms with Gasteiger partial charge in [-0.15, -0.1) is 0 Å². The molecule has 0 fully saturated rings. The molecule has 0 unspecified atom stereocenters. The van der Waals surface area contributed by atoms with E-state index in [2.05, 4.69) is 15.1 Å². The first-order chi connectivity index (χ1) is 14.3. The smallest absolute Gasteiger partial charge is 0.355 e. The fourth-order valence-electron chi connectivity index (χ4n) is 2.93. The fourth-order valence-corrected chi connectivity index (χ4v) is 2.93. The van der Waals surface area contributed by atoms with Crippen molar-refractivity contribution in [3.63, 3.8) is 0 Å². The summed E-state index contributed by atoms with van der Waals surface area (Å²) in [5.74, 6) is 0.0252. The Balaban J connectivity index is 1.69. The Bertz CT molecular complexity index is 1070. The molecule has 0 bridgehead atoms. The fraction of sp³-hybridized carbons (Fsp3) is 0.333. The summed E-state index contributed by atoms with van der Waals surface area (Å²) >= 11 is 0. The van der Waals surface area contributed by atoms with Crippen molar-refractivity contribution in [3.8, 4) is 17.1 Å². The Morgan fingerprint density at radius 1 is 1.20 bits per heavy atom. The molecule has 158 valence electrons. The summed E-state index contributed by atoms with van der Waals surface area (Å²) in [5.41, 5.74) is 2.21. The third-order valence-corrected chi connectivity index (χ3v) is 4.31. The van der Waals surface area contributed by atoms with Crippen LogP contribution in [0.5, 0.6) is 5.75 Å². The maximum atomic E-state index is 12.5. The van der Waals surface area contributed by atoms with Crippen molar-refractivity contribution in [2.75, 3.05) is 7.11 Å². The quantitative estimate of drug-likeness (QED) is 0.584. The highest BCUT2D eigenvalue weighted by Gasteiger charge is 2.25. The van der Waals surface area contributed by atoms with E-state index >= 15 is 0 Å². The lowest BCUT2D eigenvalue weighted by molar-refractivity contribution is 0.0376. The van der Waals surface area contributed by atoms with Crippen molar-refractivity contribution in [1.29, 1.82) is 0 Å². The van der Waals surface area contributed by atoms with Gasteiger partial charge < -0.3 is 23.7 Å². The summed E-state index contributed by atoms with van der Waals surface area (Å²) in [6, 6.07) is 7.19. The average Bonchev–Trinajstić information content (AvgIpc) is 3.30. The van der Waals surface area contributed by atoms with E-state index in [1.807, 2.05) is 12.1 Å². The number of hydrogen-bond donors (Lipinski definition) is 1. The van der Waals surface area contributed by atoms with Gasteiger partial charge in [0, 0.05) is 11.3 Å². The second-order valence-electron chi connectivity index (χ2n) is 6.90. The van der Waals surface area contributed by atoms with Gasteiger partial charge in [0.15, 0.2) is 6.61 Å². The van der Waals surface area contributed by atoms with Crippen molar-refractivity contribution in [2.24, 2.45) is 0 Å². The normalized spacial score (nSPS) is 10.9. The highest BCUT2D eigenvalue weighted by molar-refractivity contribution is 5.98. The molecule has 0 aliphatic carbocycles. The van der Waals surface area contributed by atoms with Gasteiger partial charge in [-0.2, -0.15) is 4.98 Å². The SMILES string of the molecule is COc1cccc(-c2noc(COC(=O)c3[nH]c(C)c(C(=O)OC(C)C)c3C)n2)c1. The second-order valence-corrected chi connectivity index (χ2v) is 6.90. The number of carbonyl (C=O) groups is 2. The molecule has 0 saturated heterocycles. The molecule has 0 saturated carbocycles. The molecular weight excluding hydrogens is 390 g/mol. The molecule has 0 radical (unpaired) electrons. The number of nitrogens with zero attached hydrogens (tertiary/aromatic N) is 2. The first-order valence-electron chi connectivity index (χ1n) is 9.34. The minimum atomic E-state index is -0.639. The van der Waals surface area contributed by atoms with E-state index in [1.54, 1.807) is 46.9 Å². The maximum Gasteiger partial charge on any atom is 0.355 e. The standard InChI is InChI=1S/C21H23N3O6/c1-11(2)29-20(25)17-12(3)18(22-13(17)4)21(26)28-10-16-23-19(24-30-16)14-7-6-8-15(9-14)27-5/h6-9,11,22H,10H2,1-5H3. The summed E-state index contributed by atoms with van der Waals surface area (Å²) in [7, 11) is 1.57. The molecule has 30 heavy (non-hydrogen) atoms. The Morgan fingerprint density at radius 2 is 1.97 bits per heavy atom. The zero-order chi connectivity index (χ0) is 21.8. The van der Waals surface area contributed by atoms with E-state index in [9.17, 15) is 9.59 Å². The van der Waals surface area contributed by atoms with E-state index in [1.165, 1.54) is 0 Å². The molecule has 1 N–H and O–H groups in total. The lowest BCUT2D eigenvalue weighted by atomic mass is 10.1. The van der Waals surface area contributed by atoms with Gasteiger partial charge in [-0.3, -0.25) is 0 Å². The zero-order valence-corrected chi connectivity index (χ0v) is 17.4. The van der Waals surface area contributed by atoms with Crippen LogP contribution in [0.25, 0.3) is 11.4 Å². The second kappa shape index (κ2) is 8.81. The van der Waals surface area contributed by atoms with Crippen molar-refractivity contribution < 1.29 is 28.3 Å². The maximum absolute atomic E-state index is 12.5. The summed E-state index contributed by atoms with van der Waals surface area (Å²) in [4.78, 5) is 31.9. The van der Waals surface area contributed by atoms with E-state index < -0.39 is 11.9 Å². The summed E-state index contributed by atoms with van der Waals surface area (Å²) in [6.07, 6.45) is -0.266. The number of carbonyl (C=O) groups excluding carboxylic acids is 2. The lowest BCUT2D eigenvalue weighted by Crippen LogP contribution is -2.13. The topological polar surface area (TPSA) is 117 Å². The highest BCUT2D eigenvalue weighted by Crippen LogP contribution is 2.23. The number of aryl methyl sites for hydroxylation is 1. The van der Waals surface area contributed by atoms with Gasteiger partial charge in [0.05, 0.1) is 18.8 Å². The van der Waals surface area contributed by atoms with Crippen molar-refractivity contribution in [3.05, 3.63) is 52.7 Å². The molecule has 0 aliphatic rings. The van der Waals surface area contributed by atoms with Gasteiger partial charge in [0.25, 0.3) is 5.89 Å². The number of aromatic amines is 1. The number of aromatic nitrogens is 3. The molecule has 0 atom stereocenters. The van der Waals surface area contributed by atoms with Crippen LogP contribution in [0.1, 0.15) is 51.8 Å². The van der Waals surface area contributed by atoms with E-state index in [0.717, 1.165) is 0 Å². The van der Waals surface area contributed by atoms with Crippen LogP contribution >= 0.6 is 0 Å². The van der Waals surface area contributed by atoms with Crippen molar-refractivity contribution >= 4 is 11.9 Å². The largest absolute Gasteiger partial charge is 0.497 e. The number of esters is 2. The molecule has 3 aromatic rings. The summed E-state index contributed by atoms with van der Waals surface area (Å²) in [5, 5.41) is 3.90. The van der Waals surface area contributed by atoms with Crippen LogP contribution in [0.15, 0.2) is 28.8 Å². The van der Waals surface area contributed by atoms with Crippen molar-refractivity contribution in [2.45, 2.75) is 40.4 Å². The average molecular weight is 413 g/mol. The third-order valence-electron chi connectivity index (χ3n) is 4.31. The predicted octanol–water partition coefficient (Wildman–Crippen LogP) is 3.61. The Morgan fingerprint density at radius 3 is 2.67 bits per heavy atom. The van der Waals surface area contributed by atoms with Gasteiger partial charge in [-0.05, 0) is 45.4 Å². The number of ether oxygens (including phenoxy) is 3. The first-order valence-corrected chi connectivity index (χ1v) is 9.34. The summed E-state index contributed by atoms with van der Waals surface area (Å²) < 4.78 is 20.8.